The summed E-state index contributed by atoms with van der Waals surface area (Å²) in [4.78, 5) is 12.6. The minimum atomic E-state index is -0.185. The molecule has 5 aromatic rings. The Hall–Kier alpha value is -4.20. The average Bonchev–Trinajstić information content (AvgIpc) is 3.28. The van der Waals surface area contributed by atoms with E-state index in [1.807, 2.05) is 83.5 Å². The van der Waals surface area contributed by atoms with Crippen molar-refractivity contribution in [3.05, 3.63) is 129 Å². The topological polar surface area (TPSA) is 57.8 Å². The predicted octanol–water partition coefficient (Wildman–Crippen LogP) is 8.39. The molecule has 39 heavy (non-hydrogen) atoms. The molecule has 0 bridgehead atoms. The lowest BCUT2D eigenvalue weighted by Crippen LogP contribution is -2.46. The number of aromatic nitrogens is 2. The van der Waals surface area contributed by atoms with E-state index in [0.717, 1.165) is 49.9 Å². The van der Waals surface area contributed by atoms with Gasteiger partial charge in [-0.1, -0.05) is 76.1 Å². The standard InChI is InChI=1S/C31H22BrClN6/c1-19-27-28(20-9-7-10-21(32)17-20)38-26-16-6-5-15-25(26)35-29(34-23-12-8-11-22(33)18-23)31(38)36-30(27)39(37-19)24-13-3-2-4-14-24/h2-18,28H,1H3,(H,34,35). The molecule has 1 N–H and O–H groups in total. The molecule has 0 fully saturated rings. The van der Waals surface area contributed by atoms with E-state index in [1.165, 1.54) is 0 Å². The molecule has 0 radical (unpaired) electrons. The normalized spacial score (nSPS) is 15.6. The number of fused-ring (bicyclic) bond motifs is 4. The van der Waals surface area contributed by atoms with Crippen molar-refractivity contribution < 1.29 is 0 Å². The van der Waals surface area contributed by atoms with Gasteiger partial charge in [-0.3, -0.25) is 0 Å². The number of nitrogens with one attached hydrogen (secondary N) is 1. The third-order valence-electron chi connectivity index (χ3n) is 6.89. The Bertz CT molecular complexity index is 1790. The first-order chi connectivity index (χ1) is 19.1. The van der Waals surface area contributed by atoms with Crippen LogP contribution in [0.15, 0.2) is 118 Å². The highest BCUT2D eigenvalue weighted by molar-refractivity contribution is 9.10. The van der Waals surface area contributed by atoms with Gasteiger partial charge in [0, 0.05) is 20.7 Å². The van der Waals surface area contributed by atoms with Crippen LogP contribution in [0.25, 0.3) is 5.69 Å². The monoisotopic (exact) mass is 592 g/mol. The van der Waals surface area contributed by atoms with Crippen molar-refractivity contribution in [2.24, 2.45) is 9.98 Å². The van der Waals surface area contributed by atoms with Gasteiger partial charge in [0.15, 0.2) is 17.5 Å². The first-order valence-electron chi connectivity index (χ1n) is 12.6. The Morgan fingerprint density at radius 2 is 1.64 bits per heavy atom. The first kappa shape index (κ1) is 23.9. The molecule has 1 unspecified atom stereocenters. The van der Waals surface area contributed by atoms with Crippen molar-refractivity contribution in [3.8, 4) is 5.69 Å². The number of para-hydroxylation sites is 3. The van der Waals surface area contributed by atoms with E-state index in [9.17, 15) is 0 Å². The Labute approximate surface area is 239 Å². The Morgan fingerprint density at radius 3 is 2.46 bits per heavy atom. The summed E-state index contributed by atoms with van der Waals surface area (Å²) >= 11 is 10.0. The number of rotatable bonds is 3. The van der Waals surface area contributed by atoms with Gasteiger partial charge in [-0.15, -0.1) is 0 Å². The summed E-state index contributed by atoms with van der Waals surface area (Å²) in [6.45, 7) is 2.05. The molecule has 6 nitrogen and oxygen atoms in total. The maximum Gasteiger partial charge on any atom is 0.179 e. The van der Waals surface area contributed by atoms with E-state index in [0.29, 0.717) is 16.7 Å². The highest BCUT2D eigenvalue weighted by Crippen LogP contribution is 2.48. The number of benzene rings is 4. The zero-order valence-corrected chi connectivity index (χ0v) is 23.2. The maximum atomic E-state index is 6.32. The molecule has 0 spiro atoms. The number of aliphatic imine (C=N–C) groups is 2. The van der Waals surface area contributed by atoms with Gasteiger partial charge in [0.05, 0.1) is 28.8 Å². The SMILES string of the molecule is Cc1nn(-c2ccccc2)c2c1C(c1cccc(Br)c1)N1C(=N2)C(Nc2cccc(Cl)c2)=Nc2ccccc21. The van der Waals surface area contributed by atoms with Crippen molar-refractivity contribution in [3.63, 3.8) is 0 Å². The van der Waals surface area contributed by atoms with Gasteiger partial charge in [-0.05, 0) is 67.1 Å². The minimum Gasteiger partial charge on any atom is -0.337 e. The smallest absolute Gasteiger partial charge is 0.179 e. The molecule has 8 heteroatoms. The van der Waals surface area contributed by atoms with E-state index >= 15 is 0 Å². The number of hydrogen-bond acceptors (Lipinski definition) is 5. The Kier molecular flexibility index (Phi) is 5.83. The predicted molar refractivity (Wildman–Crippen MR) is 162 cm³/mol. The maximum absolute atomic E-state index is 6.32. The molecule has 2 aliphatic rings. The summed E-state index contributed by atoms with van der Waals surface area (Å²) in [6, 6.07) is 34.1. The van der Waals surface area contributed by atoms with Gasteiger partial charge in [0.1, 0.15) is 0 Å². The molecule has 0 amide bonds. The van der Waals surface area contributed by atoms with Gasteiger partial charge >= 0.3 is 0 Å². The van der Waals surface area contributed by atoms with Crippen molar-refractivity contribution >= 4 is 62.1 Å². The molecule has 190 valence electrons. The first-order valence-corrected chi connectivity index (χ1v) is 13.7. The Balaban J connectivity index is 1.51. The van der Waals surface area contributed by atoms with Crippen LogP contribution in [0.3, 0.4) is 0 Å². The molecule has 0 aliphatic carbocycles. The third kappa shape index (κ3) is 4.15. The molecule has 1 atom stereocenters. The molecular weight excluding hydrogens is 572 g/mol. The second-order valence-corrected chi connectivity index (χ2v) is 10.8. The van der Waals surface area contributed by atoms with E-state index in [1.54, 1.807) is 0 Å². The van der Waals surface area contributed by atoms with Gasteiger partial charge < -0.3 is 10.2 Å². The molecule has 1 aromatic heterocycles. The zero-order chi connectivity index (χ0) is 26.5. The molecule has 0 saturated carbocycles. The molecule has 7 rings (SSSR count). The number of hydrogen-bond donors (Lipinski definition) is 1. The number of nitrogens with zero attached hydrogens (tertiary/aromatic N) is 5. The summed E-state index contributed by atoms with van der Waals surface area (Å²) in [6.07, 6.45) is 0. The lowest BCUT2D eigenvalue weighted by molar-refractivity contribution is 0.815. The highest BCUT2D eigenvalue weighted by Gasteiger charge is 2.41. The van der Waals surface area contributed by atoms with Gasteiger partial charge in [0.25, 0.3) is 0 Å². The fourth-order valence-electron chi connectivity index (χ4n) is 5.24. The zero-order valence-electron chi connectivity index (χ0n) is 20.9. The number of amidine groups is 2. The number of aryl methyl sites for hydroxylation is 1. The van der Waals surface area contributed by atoms with Crippen LogP contribution in [0.2, 0.25) is 5.02 Å². The molecule has 0 saturated heterocycles. The summed E-state index contributed by atoms with van der Waals surface area (Å²) in [5.74, 6) is 2.14. The molecular formula is C31H22BrClN6. The largest absolute Gasteiger partial charge is 0.337 e. The molecule has 2 aliphatic heterocycles. The summed E-state index contributed by atoms with van der Waals surface area (Å²) in [5.41, 5.74) is 6.72. The van der Waals surface area contributed by atoms with Gasteiger partial charge in [-0.25, -0.2) is 14.7 Å². The van der Waals surface area contributed by atoms with E-state index in [2.05, 4.69) is 57.3 Å². The lowest BCUT2D eigenvalue weighted by atomic mass is 9.93. The second kappa shape index (κ2) is 9.52. The average molecular weight is 594 g/mol. The third-order valence-corrected chi connectivity index (χ3v) is 7.62. The van der Waals surface area contributed by atoms with Crippen LogP contribution >= 0.6 is 27.5 Å². The Morgan fingerprint density at radius 1 is 0.846 bits per heavy atom. The van der Waals surface area contributed by atoms with E-state index < -0.39 is 0 Å². The fraction of sp³-hybridized carbons (Fsp3) is 0.0645. The number of anilines is 2. The number of halogens is 2. The molecule has 3 heterocycles. The summed E-state index contributed by atoms with van der Waals surface area (Å²) in [5, 5.41) is 9.13. The van der Waals surface area contributed by atoms with Crippen LogP contribution in [0.4, 0.5) is 22.9 Å². The lowest BCUT2D eigenvalue weighted by Gasteiger charge is -2.40. The fourth-order valence-corrected chi connectivity index (χ4v) is 5.85. The summed E-state index contributed by atoms with van der Waals surface area (Å²) in [7, 11) is 0. The van der Waals surface area contributed by atoms with E-state index in [4.69, 9.17) is 26.7 Å². The highest BCUT2D eigenvalue weighted by atomic mass is 79.9. The van der Waals surface area contributed by atoms with Crippen LogP contribution in [-0.4, -0.2) is 21.5 Å². The second-order valence-electron chi connectivity index (χ2n) is 9.42. The van der Waals surface area contributed by atoms with Crippen LogP contribution in [0, 0.1) is 6.92 Å². The van der Waals surface area contributed by atoms with Crippen LogP contribution < -0.4 is 10.2 Å². The van der Waals surface area contributed by atoms with Crippen molar-refractivity contribution in [1.82, 2.24) is 9.78 Å². The quantitative estimate of drug-likeness (QED) is 0.229. The van der Waals surface area contributed by atoms with Crippen molar-refractivity contribution in [2.75, 3.05) is 10.2 Å². The summed E-state index contributed by atoms with van der Waals surface area (Å²) < 4.78 is 2.94. The molecule has 4 aromatic carbocycles. The van der Waals surface area contributed by atoms with E-state index in [-0.39, 0.29) is 6.04 Å². The minimum absolute atomic E-state index is 0.185. The van der Waals surface area contributed by atoms with Crippen molar-refractivity contribution in [2.45, 2.75) is 13.0 Å². The van der Waals surface area contributed by atoms with Gasteiger partial charge in [0.2, 0.25) is 0 Å². The van der Waals surface area contributed by atoms with Crippen LogP contribution in [0.5, 0.6) is 0 Å². The van der Waals surface area contributed by atoms with Crippen LogP contribution in [0.1, 0.15) is 22.9 Å². The van der Waals surface area contributed by atoms with Gasteiger partial charge in [-0.2, -0.15) is 5.10 Å². The van der Waals surface area contributed by atoms with Crippen molar-refractivity contribution in [1.29, 1.82) is 0 Å². The van der Waals surface area contributed by atoms with Crippen LogP contribution in [-0.2, 0) is 0 Å².